The molecule has 3 aromatic rings. The van der Waals surface area contributed by atoms with Crippen molar-refractivity contribution in [3.8, 4) is 0 Å². The fourth-order valence-corrected chi connectivity index (χ4v) is 5.09. The van der Waals surface area contributed by atoms with E-state index in [4.69, 9.17) is 0 Å². The zero-order valence-corrected chi connectivity index (χ0v) is 17.6. The van der Waals surface area contributed by atoms with Gasteiger partial charge in [0.2, 0.25) is 0 Å². The van der Waals surface area contributed by atoms with Crippen molar-refractivity contribution in [2.24, 2.45) is 0 Å². The van der Waals surface area contributed by atoms with Crippen molar-refractivity contribution < 1.29 is 14.7 Å². The van der Waals surface area contributed by atoms with Crippen LogP contribution in [0.25, 0.3) is 16.7 Å². The molecule has 1 aliphatic carbocycles. The van der Waals surface area contributed by atoms with Crippen molar-refractivity contribution in [2.75, 3.05) is 0 Å². The summed E-state index contributed by atoms with van der Waals surface area (Å²) in [7, 11) is 0. The minimum absolute atomic E-state index is 0.0166. The number of rotatable bonds is 4. The maximum atomic E-state index is 13.2. The van der Waals surface area contributed by atoms with Crippen molar-refractivity contribution in [1.82, 2.24) is 9.88 Å². The number of aryl methyl sites for hydroxylation is 1. The van der Waals surface area contributed by atoms with Crippen molar-refractivity contribution in [2.45, 2.75) is 51.1 Å². The topological polar surface area (TPSA) is 73.4 Å². The molecule has 31 heavy (non-hydrogen) atoms. The Labute approximate surface area is 181 Å². The van der Waals surface area contributed by atoms with Gasteiger partial charge in [-0.05, 0) is 30.9 Å². The SMILES string of the molecule is CCc1ccc(/C(O)=C2\C(=O)C(=O)N(C3CCCC3)C2c2c[nH]c3ccccc23)cc1. The molecule has 0 bridgehead atoms. The minimum atomic E-state index is -0.598. The Hall–Kier alpha value is -3.34. The zero-order valence-electron chi connectivity index (χ0n) is 17.6. The molecule has 158 valence electrons. The second kappa shape index (κ2) is 7.73. The van der Waals surface area contributed by atoms with Gasteiger partial charge in [-0.3, -0.25) is 9.59 Å². The zero-order chi connectivity index (χ0) is 21.5. The van der Waals surface area contributed by atoms with Gasteiger partial charge in [-0.2, -0.15) is 0 Å². The second-order valence-corrected chi connectivity index (χ2v) is 8.48. The summed E-state index contributed by atoms with van der Waals surface area (Å²) in [6, 6.07) is 14.8. The number of hydrogen-bond acceptors (Lipinski definition) is 3. The number of nitrogens with one attached hydrogen (secondary N) is 1. The first-order chi connectivity index (χ1) is 15.1. The summed E-state index contributed by atoms with van der Waals surface area (Å²) in [5.41, 5.74) is 3.70. The molecule has 2 heterocycles. The quantitative estimate of drug-likeness (QED) is 0.355. The van der Waals surface area contributed by atoms with Gasteiger partial charge in [0, 0.05) is 34.3 Å². The highest BCUT2D eigenvalue weighted by Crippen LogP contribution is 2.45. The molecule has 1 saturated heterocycles. The van der Waals surface area contributed by atoms with Gasteiger partial charge in [0.15, 0.2) is 0 Å². The third-order valence-corrected chi connectivity index (χ3v) is 6.75. The number of likely N-dealkylation sites (tertiary alicyclic amines) is 1. The smallest absolute Gasteiger partial charge is 0.295 e. The molecule has 5 rings (SSSR count). The summed E-state index contributed by atoms with van der Waals surface area (Å²) in [6.07, 6.45) is 6.63. The Bertz CT molecular complexity index is 1180. The van der Waals surface area contributed by atoms with E-state index in [1.165, 1.54) is 0 Å². The van der Waals surface area contributed by atoms with Crippen LogP contribution >= 0.6 is 0 Å². The van der Waals surface area contributed by atoms with Crippen LogP contribution in [0.2, 0.25) is 0 Å². The van der Waals surface area contributed by atoms with E-state index in [1.54, 1.807) is 4.90 Å². The Kier molecular flexibility index (Phi) is 4.89. The van der Waals surface area contributed by atoms with E-state index in [-0.39, 0.29) is 17.4 Å². The highest BCUT2D eigenvalue weighted by molar-refractivity contribution is 6.46. The lowest BCUT2D eigenvalue weighted by Crippen LogP contribution is -2.37. The molecule has 2 aromatic carbocycles. The number of aromatic amines is 1. The number of aliphatic hydroxyl groups excluding tert-OH is 1. The number of ketones is 1. The van der Waals surface area contributed by atoms with Crippen molar-refractivity contribution >= 4 is 28.4 Å². The fourth-order valence-electron chi connectivity index (χ4n) is 5.09. The number of carbonyl (C=O) groups excluding carboxylic acids is 2. The number of fused-ring (bicyclic) bond motifs is 1. The van der Waals surface area contributed by atoms with Crippen LogP contribution in [0.1, 0.15) is 55.3 Å². The Balaban J connectivity index is 1.71. The van der Waals surface area contributed by atoms with E-state index in [0.717, 1.165) is 54.1 Å². The number of para-hydroxylation sites is 1. The number of carbonyl (C=O) groups is 2. The molecule has 5 nitrogen and oxygen atoms in total. The molecule has 1 atom stereocenters. The summed E-state index contributed by atoms with van der Waals surface area (Å²) < 4.78 is 0. The highest BCUT2D eigenvalue weighted by atomic mass is 16.3. The summed E-state index contributed by atoms with van der Waals surface area (Å²) in [5.74, 6) is -1.20. The molecule has 1 saturated carbocycles. The normalized spacial score (nSPS) is 21.5. The Morgan fingerprint density at radius 1 is 1.06 bits per heavy atom. The van der Waals surface area contributed by atoms with E-state index in [1.807, 2.05) is 54.7 Å². The highest BCUT2D eigenvalue weighted by Gasteiger charge is 2.49. The number of Topliss-reactive ketones (excluding diaryl/α,β-unsaturated/α-hetero) is 1. The van der Waals surface area contributed by atoms with Crippen LogP contribution in [-0.4, -0.2) is 32.7 Å². The molecule has 0 radical (unpaired) electrons. The van der Waals surface area contributed by atoms with Crippen LogP contribution in [0.3, 0.4) is 0 Å². The average Bonchev–Trinajstić information content (AvgIpc) is 3.52. The number of nitrogens with zero attached hydrogens (tertiary/aromatic N) is 1. The van der Waals surface area contributed by atoms with Gasteiger partial charge in [-0.25, -0.2) is 0 Å². The molecule has 2 fully saturated rings. The third-order valence-electron chi connectivity index (χ3n) is 6.75. The van der Waals surface area contributed by atoms with Crippen LogP contribution in [-0.2, 0) is 16.0 Å². The Morgan fingerprint density at radius 3 is 2.48 bits per heavy atom. The molecule has 2 N–H and O–H groups in total. The lowest BCUT2D eigenvalue weighted by Gasteiger charge is -2.30. The number of amides is 1. The molecule has 2 aliphatic rings. The van der Waals surface area contributed by atoms with Gasteiger partial charge in [0.25, 0.3) is 11.7 Å². The van der Waals surface area contributed by atoms with Crippen LogP contribution in [0.5, 0.6) is 0 Å². The molecule has 1 amide bonds. The lowest BCUT2D eigenvalue weighted by molar-refractivity contribution is -0.141. The van der Waals surface area contributed by atoms with Gasteiger partial charge in [-0.15, -0.1) is 0 Å². The first-order valence-corrected chi connectivity index (χ1v) is 11.1. The molecule has 5 heteroatoms. The summed E-state index contributed by atoms with van der Waals surface area (Å²) in [4.78, 5) is 31.4. The predicted octanol–water partition coefficient (Wildman–Crippen LogP) is 5.09. The Morgan fingerprint density at radius 2 is 1.77 bits per heavy atom. The van der Waals surface area contributed by atoms with E-state index in [2.05, 4.69) is 11.9 Å². The number of hydrogen-bond donors (Lipinski definition) is 2. The minimum Gasteiger partial charge on any atom is -0.507 e. The number of aromatic nitrogens is 1. The predicted molar refractivity (Wildman–Crippen MR) is 121 cm³/mol. The maximum Gasteiger partial charge on any atom is 0.295 e. The van der Waals surface area contributed by atoms with Crippen molar-refractivity contribution in [3.63, 3.8) is 0 Å². The third kappa shape index (κ3) is 3.16. The first kappa shape index (κ1) is 19.6. The summed E-state index contributed by atoms with van der Waals surface area (Å²) >= 11 is 0. The van der Waals surface area contributed by atoms with Gasteiger partial charge < -0.3 is 15.0 Å². The van der Waals surface area contributed by atoms with E-state index < -0.39 is 17.7 Å². The number of aliphatic hydroxyl groups is 1. The molecular weight excluding hydrogens is 388 g/mol. The van der Waals surface area contributed by atoms with Crippen molar-refractivity contribution in [1.29, 1.82) is 0 Å². The van der Waals surface area contributed by atoms with E-state index in [9.17, 15) is 14.7 Å². The van der Waals surface area contributed by atoms with Crippen LogP contribution < -0.4 is 0 Å². The largest absolute Gasteiger partial charge is 0.507 e. The van der Waals surface area contributed by atoms with Gasteiger partial charge in [0.05, 0.1) is 11.6 Å². The standard InChI is InChI=1S/C26H26N2O3/c1-2-16-11-13-17(14-12-16)24(29)22-23(20-15-27-21-10-6-5-9-19(20)21)28(26(31)25(22)30)18-7-3-4-8-18/h5-6,9-15,18,23,27,29H,2-4,7-8H2,1H3/b24-22+. The summed E-state index contributed by atoms with van der Waals surface area (Å²) in [6.45, 7) is 2.07. The van der Waals surface area contributed by atoms with Crippen molar-refractivity contribution in [3.05, 3.63) is 77.0 Å². The molecule has 0 spiro atoms. The number of benzene rings is 2. The van der Waals surface area contributed by atoms with Gasteiger partial charge in [0.1, 0.15) is 5.76 Å². The second-order valence-electron chi connectivity index (χ2n) is 8.48. The monoisotopic (exact) mass is 414 g/mol. The molecule has 1 aliphatic heterocycles. The van der Waals surface area contributed by atoms with Crippen LogP contribution in [0.4, 0.5) is 0 Å². The first-order valence-electron chi connectivity index (χ1n) is 11.1. The number of H-pyrrole nitrogens is 1. The van der Waals surface area contributed by atoms with Crippen LogP contribution in [0.15, 0.2) is 60.3 Å². The summed E-state index contributed by atoms with van der Waals surface area (Å²) in [5, 5.41) is 12.2. The van der Waals surface area contributed by atoms with Crippen LogP contribution in [0, 0.1) is 0 Å². The van der Waals surface area contributed by atoms with Gasteiger partial charge in [-0.1, -0.05) is 62.2 Å². The van der Waals surface area contributed by atoms with E-state index >= 15 is 0 Å². The average molecular weight is 415 g/mol. The van der Waals surface area contributed by atoms with Gasteiger partial charge >= 0.3 is 0 Å². The molecular formula is C26H26N2O3. The molecule has 1 aromatic heterocycles. The maximum absolute atomic E-state index is 13.2. The molecule has 1 unspecified atom stereocenters. The lowest BCUT2D eigenvalue weighted by atomic mass is 9.94. The van der Waals surface area contributed by atoms with E-state index in [0.29, 0.717) is 5.56 Å². The fraction of sp³-hybridized carbons (Fsp3) is 0.308.